The van der Waals surface area contributed by atoms with Crippen LogP contribution < -0.4 is 19.7 Å². The Kier molecular flexibility index (Phi) is 6.24. The van der Waals surface area contributed by atoms with Crippen LogP contribution in [-0.2, 0) is 4.79 Å². The molecule has 2 N–H and O–H groups in total. The number of benzene rings is 2. The second-order valence-electron chi connectivity index (χ2n) is 5.80. The van der Waals surface area contributed by atoms with E-state index in [4.69, 9.17) is 33.3 Å². The number of methoxy groups -OCH3 is 2. The molecule has 1 unspecified atom stereocenters. The van der Waals surface area contributed by atoms with Gasteiger partial charge in [0.15, 0.2) is 22.8 Å². The van der Waals surface area contributed by atoms with Crippen molar-refractivity contribution in [3.63, 3.8) is 0 Å². The molecule has 0 radical (unpaired) electrons. The number of halogens is 2. The van der Waals surface area contributed by atoms with Crippen LogP contribution in [0.25, 0.3) is 6.08 Å². The second-order valence-corrected chi connectivity index (χ2v) is 7.47. The molecule has 1 aliphatic heterocycles. The van der Waals surface area contributed by atoms with E-state index < -0.39 is 12.1 Å². The molecule has 6 nitrogen and oxygen atoms in total. The Labute approximate surface area is 180 Å². The Hall–Kier alpha value is -2.13. The molecule has 2 aromatic carbocycles. The SMILES string of the molecule is COc1cc(Br)c(/C=C2/C(=O)N(c3ccc(Cl)cc3)C(=S)NC2O)cc1OC. The van der Waals surface area contributed by atoms with Crippen molar-refractivity contribution in [2.45, 2.75) is 6.23 Å². The zero-order valence-corrected chi connectivity index (χ0v) is 18.1. The monoisotopic (exact) mass is 482 g/mol. The average Bonchev–Trinajstić information content (AvgIpc) is 2.67. The molecular formula is C19H16BrClN2O4S. The first kappa shape index (κ1) is 20.6. The maximum Gasteiger partial charge on any atom is 0.265 e. The third-order valence-corrected chi connectivity index (χ3v) is 5.35. The lowest BCUT2D eigenvalue weighted by Crippen LogP contribution is -2.56. The Morgan fingerprint density at radius 3 is 2.43 bits per heavy atom. The van der Waals surface area contributed by atoms with Crippen molar-refractivity contribution >= 4 is 62.5 Å². The second kappa shape index (κ2) is 8.48. The summed E-state index contributed by atoms with van der Waals surface area (Å²) in [7, 11) is 3.05. The van der Waals surface area contributed by atoms with Crippen molar-refractivity contribution in [2.75, 3.05) is 19.1 Å². The molecular weight excluding hydrogens is 468 g/mol. The molecule has 28 heavy (non-hydrogen) atoms. The van der Waals surface area contributed by atoms with Crippen LogP contribution >= 0.6 is 39.7 Å². The fourth-order valence-corrected chi connectivity index (χ4v) is 3.57. The first-order chi connectivity index (χ1) is 13.3. The number of nitrogens with one attached hydrogen (secondary N) is 1. The molecule has 0 aromatic heterocycles. The van der Waals surface area contributed by atoms with Crippen molar-refractivity contribution in [2.24, 2.45) is 0 Å². The van der Waals surface area contributed by atoms with Gasteiger partial charge in [-0.15, -0.1) is 0 Å². The van der Waals surface area contributed by atoms with Crippen molar-refractivity contribution in [3.8, 4) is 11.5 Å². The van der Waals surface area contributed by atoms with Crippen LogP contribution in [-0.4, -0.2) is 36.6 Å². The number of carbonyl (C=O) groups excluding carboxylic acids is 1. The normalized spacial score (nSPS) is 18.2. The highest BCUT2D eigenvalue weighted by Gasteiger charge is 2.34. The predicted molar refractivity (Wildman–Crippen MR) is 116 cm³/mol. The van der Waals surface area contributed by atoms with Gasteiger partial charge in [0.1, 0.15) is 0 Å². The molecule has 0 aliphatic carbocycles. The van der Waals surface area contributed by atoms with E-state index in [2.05, 4.69) is 21.2 Å². The minimum Gasteiger partial charge on any atom is -0.493 e. The van der Waals surface area contributed by atoms with E-state index in [1.54, 1.807) is 42.5 Å². The highest BCUT2D eigenvalue weighted by molar-refractivity contribution is 9.10. The topological polar surface area (TPSA) is 71.0 Å². The van der Waals surface area contributed by atoms with Crippen molar-refractivity contribution in [1.29, 1.82) is 0 Å². The fraction of sp³-hybridized carbons (Fsp3) is 0.158. The molecule has 1 amide bonds. The number of aliphatic hydroxyl groups excluding tert-OH is 1. The van der Waals surface area contributed by atoms with Crippen molar-refractivity contribution < 1.29 is 19.4 Å². The van der Waals surface area contributed by atoms with E-state index in [0.717, 1.165) is 0 Å². The number of hydrogen-bond donors (Lipinski definition) is 2. The standard InChI is InChI=1S/C19H16BrClN2O4S/c1-26-15-8-10(14(20)9-16(15)27-2)7-13-17(24)22-19(28)23(18(13)25)12-5-3-11(21)4-6-12/h3-9,17,24H,1-2H3,(H,22,28)/b13-7+. The van der Waals surface area contributed by atoms with Gasteiger partial charge in [-0.1, -0.05) is 27.5 Å². The minimum atomic E-state index is -1.25. The quantitative estimate of drug-likeness (QED) is 0.510. The van der Waals surface area contributed by atoms with Gasteiger partial charge >= 0.3 is 0 Å². The van der Waals surface area contributed by atoms with Crippen LogP contribution in [0.15, 0.2) is 46.4 Å². The molecule has 3 rings (SSSR count). The molecule has 1 atom stereocenters. The van der Waals surface area contributed by atoms with E-state index in [1.165, 1.54) is 19.1 Å². The lowest BCUT2D eigenvalue weighted by Gasteiger charge is -2.33. The lowest BCUT2D eigenvalue weighted by atomic mass is 10.1. The number of aliphatic hydroxyl groups is 1. The summed E-state index contributed by atoms with van der Waals surface area (Å²) >= 11 is 14.6. The van der Waals surface area contributed by atoms with E-state index >= 15 is 0 Å². The largest absolute Gasteiger partial charge is 0.493 e. The number of nitrogens with zero attached hydrogens (tertiary/aromatic N) is 1. The first-order valence-electron chi connectivity index (χ1n) is 8.07. The third kappa shape index (κ3) is 4.00. The number of carbonyl (C=O) groups is 1. The number of amides is 1. The predicted octanol–water partition coefficient (Wildman–Crippen LogP) is 3.74. The van der Waals surface area contributed by atoms with Gasteiger partial charge in [-0.25, -0.2) is 0 Å². The summed E-state index contributed by atoms with van der Waals surface area (Å²) in [6.45, 7) is 0. The Bertz CT molecular complexity index is 965. The van der Waals surface area contributed by atoms with Crippen LogP contribution in [0, 0.1) is 0 Å². The van der Waals surface area contributed by atoms with Gasteiger partial charge in [-0.05, 0) is 60.3 Å². The summed E-state index contributed by atoms with van der Waals surface area (Å²) in [5.74, 6) is 0.586. The molecule has 1 fully saturated rings. The highest BCUT2D eigenvalue weighted by atomic mass is 79.9. The minimum absolute atomic E-state index is 0.100. The summed E-state index contributed by atoms with van der Waals surface area (Å²) in [5, 5.41) is 13.8. The molecule has 2 aromatic rings. The summed E-state index contributed by atoms with van der Waals surface area (Å²) in [4.78, 5) is 14.4. The Balaban J connectivity index is 2.04. The van der Waals surface area contributed by atoms with Crippen molar-refractivity contribution in [1.82, 2.24) is 5.32 Å². The van der Waals surface area contributed by atoms with Gasteiger partial charge < -0.3 is 19.9 Å². The smallest absolute Gasteiger partial charge is 0.265 e. The summed E-state index contributed by atoms with van der Waals surface area (Å²) in [6.07, 6.45) is 0.319. The molecule has 146 valence electrons. The summed E-state index contributed by atoms with van der Waals surface area (Å²) < 4.78 is 11.2. The van der Waals surface area contributed by atoms with Gasteiger partial charge in [0.2, 0.25) is 0 Å². The third-order valence-electron chi connectivity index (χ3n) is 4.11. The van der Waals surface area contributed by atoms with Gasteiger partial charge in [0, 0.05) is 9.50 Å². The number of hydrogen-bond acceptors (Lipinski definition) is 5. The summed E-state index contributed by atoms with van der Waals surface area (Å²) in [5.41, 5.74) is 1.29. The molecule has 1 aliphatic rings. The number of ether oxygens (including phenoxy) is 2. The van der Waals surface area contributed by atoms with E-state index in [9.17, 15) is 9.90 Å². The lowest BCUT2D eigenvalue weighted by molar-refractivity contribution is -0.115. The van der Waals surface area contributed by atoms with Crippen LogP contribution in [0.4, 0.5) is 5.69 Å². The molecule has 1 saturated heterocycles. The van der Waals surface area contributed by atoms with Gasteiger partial charge in [0.05, 0.1) is 25.5 Å². The van der Waals surface area contributed by atoms with Crippen LogP contribution in [0.5, 0.6) is 11.5 Å². The van der Waals surface area contributed by atoms with Gasteiger partial charge in [0.25, 0.3) is 5.91 Å². The fourth-order valence-electron chi connectivity index (χ4n) is 2.71. The van der Waals surface area contributed by atoms with Crippen LogP contribution in [0.1, 0.15) is 5.56 Å². The Morgan fingerprint density at radius 2 is 1.82 bits per heavy atom. The molecule has 1 heterocycles. The Morgan fingerprint density at radius 1 is 1.21 bits per heavy atom. The first-order valence-corrected chi connectivity index (χ1v) is 9.65. The molecule has 0 saturated carbocycles. The number of anilines is 1. The van der Waals surface area contributed by atoms with Crippen LogP contribution in [0.2, 0.25) is 5.02 Å². The van der Waals surface area contributed by atoms with E-state index in [-0.39, 0.29) is 10.7 Å². The molecule has 0 spiro atoms. The van der Waals surface area contributed by atoms with Crippen LogP contribution in [0.3, 0.4) is 0 Å². The maximum atomic E-state index is 13.1. The van der Waals surface area contributed by atoms with Crippen molar-refractivity contribution in [3.05, 3.63) is 57.0 Å². The maximum absolute atomic E-state index is 13.1. The zero-order chi connectivity index (χ0) is 20.4. The van der Waals surface area contributed by atoms with E-state index in [1.807, 2.05) is 0 Å². The van der Waals surface area contributed by atoms with E-state index in [0.29, 0.717) is 32.2 Å². The number of rotatable bonds is 4. The van der Waals surface area contributed by atoms with Gasteiger partial charge in [-0.2, -0.15) is 0 Å². The highest BCUT2D eigenvalue weighted by Crippen LogP contribution is 2.35. The van der Waals surface area contributed by atoms with Gasteiger partial charge in [-0.3, -0.25) is 9.69 Å². The zero-order valence-electron chi connectivity index (χ0n) is 14.9. The number of thiocarbonyl (C=S) groups is 1. The molecule has 0 bridgehead atoms. The molecule has 9 heteroatoms. The summed E-state index contributed by atoms with van der Waals surface area (Å²) in [6, 6.07) is 10.1. The average molecular weight is 484 g/mol.